The first-order valence-corrected chi connectivity index (χ1v) is 5.00. The largest absolute Gasteiger partial charge is 0.268 e. The quantitative estimate of drug-likeness (QED) is 0.710. The van der Waals surface area contributed by atoms with E-state index in [1.165, 1.54) is 19.3 Å². The minimum absolute atomic E-state index is 0.918. The van der Waals surface area contributed by atoms with Crippen molar-refractivity contribution in [3.8, 4) is 0 Å². The normalized spacial score (nSPS) is 15.9. The van der Waals surface area contributed by atoms with Gasteiger partial charge >= 0.3 is 0 Å². The summed E-state index contributed by atoms with van der Waals surface area (Å²) in [5, 5.41) is 4.17. The van der Waals surface area contributed by atoms with Gasteiger partial charge in [-0.05, 0) is 35.2 Å². The fourth-order valence-electron chi connectivity index (χ4n) is 1.25. The molecule has 1 heterocycles. The summed E-state index contributed by atoms with van der Waals surface area (Å²) in [5.74, 6) is 0. The van der Waals surface area contributed by atoms with Crippen LogP contribution in [0.15, 0.2) is 28.5 Å². The van der Waals surface area contributed by atoms with Crippen LogP contribution in [0.5, 0.6) is 0 Å². The molecule has 0 unspecified atom stereocenters. The van der Waals surface area contributed by atoms with Crippen LogP contribution in [0.25, 0.3) is 0 Å². The Bertz CT molecular complexity index is 295. The molecule has 0 N–H and O–H groups in total. The summed E-state index contributed by atoms with van der Waals surface area (Å²) in [6.45, 7) is 0.918. The highest BCUT2D eigenvalue weighted by atomic mass is 79.9. The number of rotatable bonds is 2. The van der Waals surface area contributed by atoms with E-state index in [0.717, 1.165) is 11.0 Å². The minimum Gasteiger partial charge on any atom is -0.268 e. The summed E-state index contributed by atoms with van der Waals surface area (Å²) in [4.78, 5) is 0. The summed E-state index contributed by atoms with van der Waals surface area (Å²) >= 11 is 3.37. The Labute approximate surface area is 80.4 Å². The van der Waals surface area contributed by atoms with Crippen LogP contribution in [0.3, 0.4) is 0 Å². The average Bonchev–Trinajstić information content (AvgIpc) is 2.32. The van der Waals surface area contributed by atoms with Gasteiger partial charge in [0.25, 0.3) is 0 Å². The smallest absolute Gasteiger partial charge is 0.0632 e. The van der Waals surface area contributed by atoms with Crippen molar-refractivity contribution >= 4 is 15.9 Å². The van der Waals surface area contributed by atoms with Crippen LogP contribution in [-0.4, -0.2) is 9.78 Å². The Balaban J connectivity index is 1.95. The lowest BCUT2D eigenvalue weighted by Gasteiger charge is -2.15. The number of allylic oxidation sites excluding steroid dienone is 2. The van der Waals surface area contributed by atoms with Gasteiger partial charge in [-0.25, -0.2) is 0 Å². The summed E-state index contributed by atoms with van der Waals surface area (Å²) in [6.07, 6.45) is 10.1. The molecule has 2 rings (SSSR count). The van der Waals surface area contributed by atoms with Gasteiger partial charge in [0.1, 0.15) is 0 Å². The van der Waals surface area contributed by atoms with Gasteiger partial charge < -0.3 is 0 Å². The zero-order valence-corrected chi connectivity index (χ0v) is 8.42. The van der Waals surface area contributed by atoms with Gasteiger partial charge in [0.2, 0.25) is 0 Å². The first-order valence-electron chi connectivity index (χ1n) is 4.20. The Hall–Kier alpha value is -0.570. The maximum atomic E-state index is 4.17. The monoisotopic (exact) mass is 226 g/mol. The summed E-state index contributed by atoms with van der Waals surface area (Å²) in [6, 6.07) is 0. The highest BCUT2D eigenvalue weighted by Crippen LogP contribution is 2.24. The van der Waals surface area contributed by atoms with Crippen LogP contribution in [0.4, 0.5) is 0 Å². The van der Waals surface area contributed by atoms with Gasteiger partial charge in [0, 0.05) is 6.20 Å². The van der Waals surface area contributed by atoms with Crippen LogP contribution in [0.2, 0.25) is 0 Å². The third-order valence-electron chi connectivity index (χ3n) is 2.16. The summed E-state index contributed by atoms with van der Waals surface area (Å²) < 4.78 is 2.99. The highest BCUT2D eigenvalue weighted by Gasteiger charge is 2.06. The van der Waals surface area contributed by atoms with Crippen LogP contribution in [0, 0.1) is 0 Å². The molecule has 0 aliphatic heterocycles. The summed E-state index contributed by atoms with van der Waals surface area (Å²) in [5.41, 5.74) is 1.58. The minimum atomic E-state index is 0.918. The third kappa shape index (κ3) is 1.78. The molecular weight excluding hydrogens is 216 g/mol. The predicted octanol–water partition coefficient (Wildman–Crippen LogP) is 2.76. The van der Waals surface area contributed by atoms with Gasteiger partial charge in [-0.15, -0.1) is 0 Å². The fraction of sp³-hybridized carbons (Fsp3) is 0.444. The number of aromatic nitrogens is 2. The van der Waals surface area contributed by atoms with Crippen LogP contribution >= 0.6 is 15.9 Å². The molecule has 1 aliphatic rings. The molecule has 1 fully saturated rings. The van der Waals surface area contributed by atoms with E-state index in [2.05, 4.69) is 27.1 Å². The van der Waals surface area contributed by atoms with Crippen molar-refractivity contribution in [3.05, 3.63) is 28.5 Å². The molecule has 3 heteroatoms. The van der Waals surface area contributed by atoms with Crippen LogP contribution in [-0.2, 0) is 6.54 Å². The molecule has 0 atom stereocenters. The van der Waals surface area contributed by atoms with Gasteiger partial charge in [-0.2, -0.15) is 5.10 Å². The molecule has 0 saturated heterocycles. The molecule has 1 aliphatic carbocycles. The zero-order valence-electron chi connectivity index (χ0n) is 6.83. The van der Waals surface area contributed by atoms with E-state index >= 15 is 0 Å². The molecule has 0 bridgehead atoms. The van der Waals surface area contributed by atoms with E-state index < -0.39 is 0 Å². The molecule has 1 aromatic heterocycles. The zero-order chi connectivity index (χ0) is 8.39. The van der Waals surface area contributed by atoms with Gasteiger partial charge in [-0.1, -0.05) is 11.6 Å². The SMILES string of the molecule is Brc1cnn(CC=C2CCC2)c1. The molecular formula is C9H11BrN2. The van der Waals surface area contributed by atoms with Crippen molar-refractivity contribution in [1.29, 1.82) is 0 Å². The molecule has 0 spiro atoms. The average molecular weight is 227 g/mol. The molecule has 0 amide bonds. The molecule has 0 aromatic carbocycles. The molecule has 0 radical (unpaired) electrons. The van der Waals surface area contributed by atoms with Crippen molar-refractivity contribution in [2.75, 3.05) is 0 Å². The Morgan fingerprint density at radius 1 is 1.58 bits per heavy atom. The number of halogens is 1. The highest BCUT2D eigenvalue weighted by molar-refractivity contribution is 9.10. The fourth-order valence-corrected chi connectivity index (χ4v) is 1.57. The lowest BCUT2D eigenvalue weighted by Crippen LogP contribution is -2.01. The second kappa shape index (κ2) is 3.44. The Morgan fingerprint density at radius 3 is 2.92 bits per heavy atom. The van der Waals surface area contributed by atoms with E-state index in [9.17, 15) is 0 Å². The van der Waals surface area contributed by atoms with Crippen LogP contribution in [0.1, 0.15) is 19.3 Å². The predicted molar refractivity (Wildman–Crippen MR) is 51.9 cm³/mol. The first-order chi connectivity index (χ1) is 5.84. The maximum absolute atomic E-state index is 4.17. The second-order valence-electron chi connectivity index (χ2n) is 3.10. The maximum Gasteiger partial charge on any atom is 0.0632 e. The lowest BCUT2D eigenvalue weighted by atomic mass is 9.92. The summed E-state index contributed by atoms with van der Waals surface area (Å²) in [7, 11) is 0. The number of nitrogens with zero attached hydrogens (tertiary/aromatic N) is 2. The number of hydrogen-bond donors (Lipinski definition) is 0. The third-order valence-corrected chi connectivity index (χ3v) is 2.57. The van der Waals surface area contributed by atoms with Crippen molar-refractivity contribution in [3.63, 3.8) is 0 Å². The standard InChI is InChI=1S/C9H11BrN2/c10-9-6-11-12(7-9)5-4-8-2-1-3-8/h4,6-7H,1-3,5H2. The van der Waals surface area contributed by atoms with Crippen molar-refractivity contribution in [2.45, 2.75) is 25.8 Å². The Kier molecular flexibility index (Phi) is 2.30. The molecule has 2 nitrogen and oxygen atoms in total. The first kappa shape index (κ1) is 8.05. The van der Waals surface area contributed by atoms with E-state index in [-0.39, 0.29) is 0 Å². The molecule has 1 aromatic rings. The van der Waals surface area contributed by atoms with E-state index in [1.54, 1.807) is 5.57 Å². The lowest BCUT2D eigenvalue weighted by molar-refractivity contribution is 0.633. The van der Waals surface area contributed by atoms with Gasteiger partial charge in [0.15, 0.2) is 0 Å². The molecule has 1 saturated carbocycles. The van der Waals surface area contributed by atoms with E-state index in [1.807, 2.05) is 17.1 Å². The van der Waals surface area contributed by atoms with E-state index in [0.29, 0.717) is 0 Å². The van der Waals surface area contributed by atoms with Crippen LogP contribution < -0.4 is 0 Å². The van der Waals surface area contributed by atoms with Crippen molar-refractivity contribution in [1.82, 2.24) is 9.78 Å². The second-order valence-corrected chi connectivity index (χ2v) is 4.01. The number of hydrogen-bond acceptors (Lipinski definition) is 1. The molecule has 12 heavy (non-hydrogen) atoms. The topological polar surface area (TPSA) is 17.8 Å². The van der Waals surface area contributed by atoms with E-state index in [4.69, 9.17) is 0 Å². The van der Waals surface area contributed by atoms with Gasteiger partial charge in [0.05, 0.1) is 17.2 Å². The van der Waals surface area contributed by atoms with Gasteiger partial charge in [-0.3, -0.25) is 4.68 Å². The molecule has 64 valence electrons. The Morgan fingerprint density at radius 2 is 2.42 bits per heavy atom. The van der Waals surface area contributed by atoms with Crippen molar-refractivity contribution < 1.29 is 0 Å². The van der Waals surface area contributed by atoms with Crippen molar-refractivity contribution in [2.24, 2.45) is 0 Å².